The number of anilines is 1. The van der Waals surface area contributed by atoms with Crippen molar-refractivity contribution in [2.24, 2.45) is 11.8 Å². The lowest BCUT2D eigenvalue weighted by Gasteiger charge is -2.25. The first-order chi connectivity index (χ1) is 11.2. The number of amides is 2. The molecule has 2 amide bonds. The van der Waals surface area contributed by atoms with Gasteiger partial charge in [-0.1, -0.05) is 23.8 Å². The Morgan fingerprint density at radius 2 is 1.71 bits per heavy atom. The third-order valence-electron chi connectivity index (χ3n) is 5.11. The standard InChI is InChI=1S/C16H13ClN2O5/c1-15-5-6-16(2,24-15)12-11(15)13(20)18(14(12)21)10-7-8(19(22)23)3-4-9(10)17/h3-7,11-12H,1-2H3. The molecule has 0 aliphatic carbocycles. The van der Waals surface area contributed by atoms with Gasteiger partial charge >= 0.3 is 0 Å². The van der Waals surface area contributed by atoms with Crippen molar-refractivity contribution in [1.29, 1.82) is 0 Å². The Hall–Kier alpha value is -2.25. The molecule has 4 rings (SSSR count). The Morgan fingerprint density at radius 1 is 1.17 bits per heavy atom. The maximum atomic E-state index is 12.9. The van der Waals surface area contributed by atoms with Crippen molar-refractivity contribution in [1.82, 2.24) is 0 Å². The fourth-order valence-electron chi connectivity index (χ4n) is 4.05. The highest BCUT2D eigenvalue weighted by Crippen LogP contribution is 2.57. The highest BCUT2D eigenvalue weighted by atomic mass is 35.5. The summed E-state index contributed by atoms with van der Waals surface area (Å²) in [6.07, 6.45) is 3.61. The summed E-state index contributed by atoms with van der Waals surface area (Å²) < 4.78 is 5.91. The van der Waals surface area contributed by atoms with E-state index < -0.39 is 39.8 Å². The van der Waals surface area contributed by atoms with Gasteiger partial charge in [-0.3, -0.25) is 19.7 Å². The van der Waals surface area contributed by atoms with Gasteiger partial charge in [-0.15, -0.1) is 0 Å². The third-order valence-corrected chi connectivity index (χ3v) is 5.43. The van der Waals surface area contributed by atoms with Crippen LogP contribution in [0.25, 0.3) is 0 Å². The Balaban J connectivity index is 1.83. The van der Waals surface area contributed by atoms with Crippen LogP contribution < -0.4 is 4.90 Å². The lowest BCUT2D eigenvalue weighted by molar-refractivity contribution is -0.384. The van der Waals surface area contributed by atoms with Crippen molar-refractivity contribution >= 4 is 34.8 Å². The lowest BCUT2D eigenvalue weighted by atomic mass is 9.73. The highest BCUT2D eigenvalue weighted by molar-refractivity contribution is 6.36. The Kier molecular flexibility index (Phi) is 2.82. The first kappa shape index (κ1) is 15.3. The van der Waals surface area contributed by atoms with Crippen LogP contribution in [0.15, 0.2) is 30.4 Å². The normalized spacial score (nSPS) is 36.5. The average Bonchev–Trinajstić information content (AvgIpc) is 3.05. The summed E-state index contributed by atoms with van der Waals surface area (Å²) in [7, 11) is 0. The van der Waals surface area contributed by atoms with Crippen LogP contribution in [-0.2, 0) is 14.3 Å². The van der Waals surface area contributed by atoms with Crippen LogP contribution in [0.2, 0.25) is 5.02 Å². The maximum Gasteiger partial charge on any atom is 0.271 e. The van der Waals surface area contributed by atoms with Crippen LogP contribution in [-0.4, -0.2) is 27.9 Å². The second-order valence-corrected chi connectivity index (χ2v) is 7.07. The predicted octanol–water partition coefficient (Wildman–Crippen LogP) is 2.47. The van der Waals surface area contributed by atoms with Gasteiger partial charge in [0.05, 0.1) is 38.7 Å². The van der Waals surface area contributed by atoms with E-state index in [0.717, 1.165) is 11.0 Å². The molecule has 3 aliphatic rings. The zero-order valence-electron chi connectivity index (χ0n) is 12.9. The minimum Gasteiger partial charge on any atom is -0.359 e. The van der Waals surface area contributed by atoms with Gasteiger partial charge in [-0.2, -0.15) is 0 Å². The molecule has 4 atom stereocenters. The number of nitro groups is 1. The molecule has 7 nitrogen and oxygen atoms in total. The first-order valence-electron chi connectivity index (χ1n) is 7.40. The van der Waals surface area contributed by atoms with E-state index in [4.69, 9.17) is 16.3 Å². The minimum atomic E-state index is -0.853. The van der Waals surface area contributed by atoms with E-state index in [9.17, 15) is 19.7 Å². The quantitative estimate of drug-likeness (QED) is 0.354. The molecule has 0 saturated carbocycles. The average molecular weight is 349 g/mol. The van der Waals surface area contributed by atoms with Gasteiger partial charge in [-0.25, -0.2) is 4.90 Å². The molecule has 4 unspecified atom stereocenters. The molecule has 2 fully saturated rings. The van der Waals surface area contributed by atoms with E-state index in [2.05, 4.69) is 0 Å². The number of benzene rings is 1. The smallest absolute Gasteiger partial charge is 0.271 e. The van der Waals surface area contributed by atoms with Crippen molar-refractivity contribution in [2.75, 3.05) is 4.90 Å². The highest BCUT2D eigenvalue weighted by Gasteiger charge is 2.70. The van der Waals surface area contributed by atoms with Gasteiger partial charge in [0, 0.05) is 12.1 Å². The van der Waals surface area contributed by atoms with Gasteiger partial charge in [0.25, 0.3) is 5.69 Å². The molecule has 1 aromatic rings. The second kappa shape index (κ2) is 4.43. The lowest BCUT2D eigenvalue weighted by Crippen LogP contribution is -2.39. The number of nitro benzene ring substituents is 1. The molecule has 0 N–H and O–H groups in total. The summed E-state index contributed by atoms with van der Waals surface area (Å²) in [5, 5.41) is 11.1. The number of hydrogen-bond donors (Lipinski definition) is 0. The van der Waals surface area contributed by atoms with E-state index in [1.165, 1.54) is 12.1 Å². The fourth-order valence-corrected chi connectivity index (χ4v) is 4.26. The van der Waals surface area contributed by atoms with Crippen molar-refractivity contribution in [2.45, 2.75) is 25.0 Å². The van der Waals surface area contributed by atoms with Crippen molar-refractivity contribution in [3.8, 4) is 0 Å². The summed E-state index contributed by atoms with van der Waals surface area (Å²) in [5.41, 5.74) is -1.90. The van der Waals surface area contributed by atoms with Crippen LogP contribution in [0.3, 0.4) is 0 Å². The second-order valence-electron chi connectivity index (χ2n) is 6.66. The number of carbonyl (C=O) groups excluding carboxylic acids is 2. The summed E-state index contributed by atoms with van der Waals surface area (Å²) in [4.78, 5) is 37.2. The molecule has 0 radical (unpaired) electrons. The van der Waals surface area contributed by atoms with E-state index in [-0.39, 0.29) is 16.4 Å². The molecule has 3 heterocycles. The van der Waals surface area contributed by atoms with Crippen molar-refractivity contribution in [3.63, 3.8) is 0 Å². The summed E-state index contributed by atoms with van der Waals surface area (Å²) in [5.74, 6) is -2.20. The number of non-ortho nitro benzene ring substituents is 1. The SMILES string of the molecule is CC12C=CC(C)(O1)C1C(=O)N(c3cc([N+](=O)[O-])ccc3Cl)C(=O)C12. The zero-order valence-corrected chi connectivity index (χ0v) is 13.6. The Bertz CT molecular complexity index is 817. The van der Waals surface area contributed by atoms with Gasteiger partial charge in [0.1, 0.15) is 0 Å². The van der Waals surface area contributed by atoms with Crippen LogP contribution in [0.1, 0.15) is 13.8 Å². The molecule has 2 saturated heterocycles. The van der Waals surface area contributed by atoms with E-state index in [1.54, 1.807) is 26.0 Å². The number of carbonyl (C=O) groups is 2. The summed E-state index contributed by atoms with van der Waals surface area (Å²) >= 11 is 6.11. The fraction of sp³-hybridized carbons (Fsp3) is 0.375. The minimum absolute atomic E-state index is 0.0434. The molecular weight excluding hydrogens is 336 g/mol. The number of ether oxygens (including phenoxy) is 1. The van der Waals surface area contributed by atoms with Gasteiger partial charge in [-0.05, 0) is 19.9 Å². The van der Waals surface area contributed by atoms with Gasteiger partial charge in [0.2, 0.25) is 11.8 Å². The topological polar surface area (TPSA) is 89.8 Å². The van der Waals surface area contributed by atoms with Crippen LogP contribution in [0, 0.1) is 22.0 Å². The number of rotatable bonds is 2. The number of halogens is 1. The van der Waals surface area contributed by atoms with Crippen LogP contribution in [0.5, 0.6) is 0 Å². The monoisotopic (exact) mass is 348 g/mol. The van der Waals surface area contributed by atoms with E-state index in [0.29, 0.717) is 0 Å². The molecule has 0 spiro atoms. The molecule has 3 aliphatic heterocycles. The Morgan fingerprint density at radius 3 is 2.21 bits per heavy atom. The maximum absolute atomic E-state index is 12.9. The molecule has 124 valence electrons. The molecule has 24 heavy (non-hydrogen) atoms. The number of fused-ring (bicyclic) bond motifs is 5. The van der Waals surface area contributed by atoms with E-state index >= 15 is 0 Å². The third kappa shape index (κ3) is 1.71. The van der Waals surface area contributed by atoms with Gasteiger partial charge in [0.15, 0.2) is 0 Å². The van der Waals surface area contributed by atoms with Crippen molar-refractivity contribution in [3.05, 3.63) is 45.5 Å². The summed E-state index contributed by atoms with van der Waals surface area (Å²) in [6.45, 7) is 3.53. The molecule has 2 bridgehead atoms. The number of hydrogen-bond acceptors (Lipinski definition) is 5. The molecular formula is C16H13ClN2O5. The largest absolute Gasteiger partial charge is 0.359 e. The Labute approximate surface area is 142 Å². The zero-order chi connectivity index (χ0) is 17.4. The van der Waals surface area contributed by atoms with E-state index in [1.807, 2.05) is 0 Å². The first-order valence-corrected chi connectivity index (χ1v) is 7.78. The van der Waals surface area contributed by atoms with Crippen LogP contribution >= 0.6 is 11.6 Å². The molecule has 1 aromatic carbocycles. The summed E-state index contributed by atoms with van der Waals surface area (Å²) in [6, 6.07) is 3.70. The number of nitrogens with zero attached hydrogens (tertiary/aromatic N) is 2. The number of imide groups is 1. The van der Waals surface area contributed by atoms with Crippen molar-refractivity contribution < 1.29 is 19.2 Å². The van der Waals surface area contributed by atoms with Crippen LogP contribution in [0.4, 0.5) is 11.4 Å². The van der Waals surface area contributed by atoms with Gasteiger partial charge < -0.3 is 4.74 Å². The molecule has 0 aromatic heterocycles. The predicted molar refractivity (Wildman–Crippen MR) is 84.6 cm³/mol. The molecule has 8 heteroatoms.